The van der Waals surface area contributed by atoms with E-state index in [9.17, 15) is 9.18 Å². The molecule has 3 aromatic carbocycles. The molecule has 0 spiro atoms. The van der Waals surface area contributed by atoms with Crippen molar-refractivity contribution in [1.82, 2.24) is 5.32 Å². The van der Waals surface area contributed by atoms with Crippen molar-refractivity contribution in [3.05, 3.63) is 91.0 Å². The number of benzene rings is 3. The molecule has 1 saturated heterocycles. The van der Waals surface area contributed by atoms with Crippen LogP contribution in [0.1, 0.15) is 18.1 Å². The maximum Gasteiger partial charge on any atom is 0.264 e. The Hall–Kier alpha value is -2.52. The molecular formula is C25H18BrCl2FN2O3S. The Morgan fingerprint density at radius 3 is 2.71 bits per heavy atom. The minimum absolute atomic E-state index is 0.168. The number of carbonyl (C=O) groups is 1. The summed E-state index contributed by atoms with van der Waals surface area (Å²) in [7, 11) is 0. The third-order valence-electron chi connectivity index (χ3n) is 4.71. The number of halogens is 4. The summed E-state index contributed by atoms with van der Waals surface area (Å²) in [6.45, 7) is 2.44. The molecule has 10 heteroatoms. The second kappa shape index (κ2) is 11.5. The van der Waals surface area contributed by atoms with Gasteiger partial charge >= 0.3 is 0 Å². The first-order valence-corrected chi connectivity index (χ1v) is 12.8. The van der Waals surface area contributed by atoms with Crippen LogP contribution in [0.5, 0.6) is 11.5 Å². The Balaban J connectivity index is 1.57. The number of amides is 1. The van der Waals surface area contributed by atoms with E-state index in [-0.39, 0.29) is 18.3 Å². The number of rotatable bonds is 7. The van der Waals surface area contributed by atoms with Crippen molar-refractivity contribution in [3.63, 3.8) is 0 Å². The topological polar surface area (TPSA) is 59.9 Å². The van der Waals surface area contributed by atoms with Gasteiger partial charge in [-0.05, 0) is 88.2 Å². The van der Waals surface area contributed by atoms with Crippen LogP contribution in [-0.2, 0) is 11.4 Å². The molecule has 1 aliphatic heterocycles. The van der Waals surface area contributed by atoms with Crippen molar-refractivity contribution in [3.8, 4) is 11.5 Å². The lowest BCUT2D eigenvalue weighted by atomic mass is 10.1. The molecule has 180 valence electrons. The van der Waals surface area contributed by atoms with Gasteiger partial charge in [0.1, 0.15) is 12.4 Å². The number of thioether (sulfide) groups is 1. The zero-order chi connectivity index (χ0) is 24.9. The highest BCUT2D eigenvalue weighted by molar-refractivity contribution is 9.10. The molecule has 0 saturated carbocycles. The standard InChI is InChI=1S/C25H18BrCl2FN2O3S/c1-2-33-20-11-15(10-17(26)23(20)34-13-14-5-3-6-16(29)9-14)12-21-24(32)31-25(35-21)30-19-8-4-7-18(27)22(19)28/h3-12H,2,13H2,1H3,(H,30,31,32)/b21-12+. The van der Waals surface area contributed by atoms with Crippen LogP contribution in [-0.4, -0.2) is 17.7 Å². The highest BCUT2D eigenvalue weighted by Gasteiger charge is 2.25. The number of nitrogens with one attached hydrogen (secondary N) is 1. The van der Waals surface area contributed by atoms with Crippen LogP contribution in [0.4, 0.5) is 10.1 Å². The van der Waals surface area contributed by atoms with Gasteiger partial charge in [-0.3, -0.25) is 4.79 Å². The fourth-order valence-corrected chi connectivity index (χ4v) is 4.92. The van der Waals surface area contributed by atoms with Crippen molar-refractivity contribution >= 4 is 73.7 Å². The van der Waals surface area contributed by atoms with Gasteiger partial charge in [-0.2, -0.15) is 0 Å². The van der Waals surface area contributed by atoms with Gasteiger partial charge in [0.15, 0.2) is 16.7 Å². The maximum atomic E-state index is 13.5. The molecule has 1 amide bonds. The van der Waals surface area contributed by atoms with E-state index in [2.05, 4.69) is 26.2 Å². The van der Waals surface area contributed by atoms with E-state index in [1.54, 1.807) is 42.5 Å². The summed E-state index contributed by atoms with van der Waals surface area (Å²) < 4.78 is 25.8. The fraction of sp³-hybridized carbons (Fsp3) is 0.120. The van der Waals surface area contributed by atoms with Crippen LogP contribution in [0, 0.1) is 5.82 Å². The lowest BCUT2D eigenvalue weighted by Crippen LogP contribution is -2.19. The Bertz CT molecular complexity index is 1350. The van der Waals surface area contributed by atoms with Crippen LogP contribution in [0.3, 0.4) is 0 Å². The molecule has 1 N–H and O–H groups in total. The van der Waals surface area contributed by atoms with Gasteiger partial charge in [0.25, 0.3) is 5.91 Å². The second-order valence-electron chi connectivity index (χ2n) is 7.24. The normalized spacial score (nSPS) is 15.5. The van der Waals surface area contributed by atoms with Crippen LogP contribution >= 0.6 is 50.9 Å². The summed E-state index contributed by atoms with van der Waals surface area (Å²) in [6, 6.07) is 14.9. The zero-order valence-electron chi connectivity index (χ0n) is 18.3. The second-order valence-corrected chi connectivity index (χ2v) is 9.91. The van der Waals surface area contributed by atoms with Gasteiger partial charge in [-0.15, -0.1) is 0 Å². The first kappa shape index (κ1) is 25.6. The molecule has 0 unspecified atom stereocenters. The lowest BCUT2D eigenvalue weighted by Gasteiger charge is -2.15. The van der Waals surface area contributed by atoms with Crippen molar-refractivity contribution in [2.24, 2.45) is 4.99 Å². The molecule has 0 aromatic heterocycles. The SMILES string of the molecule is CCOc1cc(/C=C2/SC(=Nc3cccc(Cl)c3Cl)NC2=O)cc(Br)c1OCc1cccc(F)c1. The molecule has 0 aliphatic carbocycles. The predicted molar refractivity (Wildman–Crippen MR) is 143 cm³/mol. The number of hydrogen-bond donors (Lipinski definition) is 1. The molecule has 1 aliphatic rings. The molecule has 1 fully saturated rings. The minimum atomic E-state index is -0.329. The van der Waals surface area contributed by atoms with Gasteiger partial charge in [0.05, 0.1) is 31.7 Å². The summed E-state index contributed by atoms with van der Waals surface area (Å²) in [5, 5.41) is 3.82. The number of ether oxygens (including phenoxy) is 2. The summed E-state index contributed by atoms with van der Waals surface area (Å²) in [6.07, 6.45) is 1.73. The van der Waals surface area contributed by atoms with Crippen LogP contribution < -0.4 is 14.8 Å². The highest BCUT2D eigenvalue weighted by atomic mass is 79.9. The minimum Gasteiger partial charge on any atom is -0.490 e. The van der Waals surface area contributed by atoms with E-state index in [1.165, 1.54) is 23.9 Å². The third kappa shape index (κ3) is 6.38. The van der Waals surface area contributed by atoms with Crippen molar-refractivity contribution in [2.45, 2.75) is 13.5 Å². The summed E-state index contributed by atoms with van der Waals surface area (Å²) in [5.41, 5.74) is 1.87. The monoisotopic (exact) mass is 594 g/mol. The molecule has 0 bridgehead atoms. The largest absolute Gasteiger partial charge is 0.490 e. The molecule has 0 radical (unpaired) electrons. The van der Waals surface area contributed by atoms with Crippen LogP contribution in [0.2, 0.25) is 10.0 Å². The number of amidine groups is 1. The first-order valence-electron chi connectivity index (χ1n) is 10.4. The predicted octanol–water partition coefficient (Wildman–Crippen LogP) is 7.76. The summed E-state index contributed by atoms with van der Waals surface area (Å²) in [4.78, 5) is 17.4. The first-order chi connectivity index (χ1) is 16.8. The highest BCUT2D eigenvalue weighted by Crippen LogP contribution is 2.39. The average molecular weight is 596 g/mol. The van der Waals surface area contributed by atoms with Gasteiger partial charge in [0, 0.05) is 0 Å². The Morgan fingerprint density at radius 2 is 1.94 bits per heavy atom. The van der Waals surface area contributed by atoms with Crippen molar-refractivity contribution in [1.29, 1.82) is 0 Å². The van der Waals surface area contributed by atoms with E-state index in [0.29, 0.717) is 53.9 Å². The third-order valence-corrected chi connectivity index (χ3v) is 7.01. The quantitative estimate of drug-likeness (QED) is 0.284. The summed E-state index contributed by atoms with van der Waals surface area (Å²) >= 11 is 17.0. The lowest BCUT2D eigenvalue weighted by molar-refractivity contribution is -0.115. The Morgan fingerprint density at radius 1 is 1.14 bits per heavy atom. The van der Waals surface area contributed by atoms with Crippen LogP contribution in [0.15, 0.2) is 69.0 Å². The average Bonchev–Trinajstić information content (AvgIpc) is 3.15. The van der Waals surface area contributed by atoms with Crippen molar-refractivity contribution in [2.75, 3.05) is 6.61 Å². The molecule has 5 nitrogen and oxygen atoms in total. The number of nitrogens with zero attached hydrogens (tertiary/aromatic N) is 1. The van der Waals surface area contributed by atoms with Gasteiger partial charge in [0.2, 0.25) is 0 Å². The van der Waals surface area contributed by atoms with Gasteiger partial charge in [-0.25, -0.2) is 9.38 Å². The summed E-state index contributed by atoms with van der Waals surface area (Å²) in [5.74, 6) is 0.366. The van der Waals surface area contributed by atoms with E-state index >= 15 is 0 Å². The van der Waals surface area contributed by atoms with Gasteiger partial charge < -0.3 is 14.8 Å². The Kier molecular flexibility index (Phi) is 8.38. The molecule has 4 rings (SSSR count). The number of aliphatic imine (C=N–C) groups is 1. The van der Waals surface area contributed by atoms with E-state index < -0.39 is 0 Å². The smallest absolute Gasteiger partial charge is 0.264 e. The molecule has 3 aromatic rings. The Labute approximate surface area is 224 Å². The van der Waals surface area contributed by atoms with Gasteiger partial charge in [-0.1, -0.05) is 41.4 Å². The van der Waals surface area contributed by atoms with E-state index in [4.69, 9.17) is 32.7 Å². The molecule has 35 heavy (non-hydrogen) atoms. The zero-order valence-corrected chi connectivity index (χ0v) is 22.2. The molecule has 1 heterocycles. The molecule has 0 atom stereocenters. The fourth-order valence-electron chi connectivity index (χ4n) is 3.18. The van der Waals surface area contributed by atoms with E-state index in [1.807, 2.05) is 13.0 Å². The number of carbonyl (C=O) groups excluding carboxylic acids is 1. The van der Waals surface area contributed by atoms with E-state index in [0.717, 1.165) is 5.56 Å². The van der Waals surface area contributed by atoms with Crippen LogP contribution in [0.25, 0.3) is 6.08 Å². The maximum absolute atomic E-state index is 13.5. The molecular weight excluding hydrogens is 578 g/mol. The van der Waals surface area contributed by atoms with Crippen molar-refractivity contribution < 1.29 is 18.7 Å². The number of hydrogen-bond acceptors (Lipinski definition) is 5.